The van der Waals surface area contributed by atoms with E-state index in [1.165, 1.54) is 0 Å². The SMILES string of the molecule is Brc1ccc(C#Cc2ccccc2)cc1Br. The summed E-state index contributed by atoms with van der Waals surface area (Å²) in [6, 6.07) is 15.9. The van der Waals surface area contributed by atoms with Crippen LogP contribution in [0.4, 0.5) is 0 Å². The number of benzene rings is 2. The number of halogens is 2. The summed E-state index contributed by atoms with van der Waals surface area (Å²) in [4.78, 5) is 0. The molecule has 0 radical (unpaired) electrons. The summed E-state index contributed by atoms with van der Waals surface area (Å²) in [5.41, 5.74) is 2.03. The van der Waals surface area contributed by atoms with Gasteiger partial charge in [0, 0.05) is 20.1 Å². The van der Waals surface area contributed by atoms with E-state index in [0.717, 1.165) is 20.1 Å². The van der Waals surface area contributed by atoms with Crippen LogP contribution in [0.25, 0.3) is 0 Å². The lowest BCUT2D eigenvalue weighted by Gasteiger charge is -1.95. The predicted molar refractivity (Wildman–Crippen MR) is 74.3 cm³/mol. The highest BCUT2D eigenvalue weighted by Gasteiger charge is 1.95. The molecule has 0 fully saturated rings. The largest absolute Gasteiger partial charge is 0.0622 e. The second-order valence-corrected chi connectivity index (χ2v) is 4.95. The summed E-state index contributed by atoms with van der Waals surface area (Å²) in [5.74, 6) is 6.25. The summed E-state index contributed by atoms with van der Waals surface area (Å²) in [7, 11) is 0. The van der Waals surface area contributed by atoms with Gasteiger partial charge >= 0.3 is 0 Å². The lowest BCUT2D eigenvalue weighted by molar-refractivity contribution is 1.55. The third-order valence-electron chi connectivity index (χ3n) is 2.04. The minimum Gasteiger partial charge on any atom is -0.0622 e. The summed E-state index contributed by atoms with van der Waals surface area (Å²) >= 11 is 6.89. The Morgan fingerprint density at radius 2 is 1.38 bits per heavy atom. The molecule has 2 aromatic rings. The summed E-state index contributed by atoms with van der Waals surface area (Å²) in [6.07, 6.45) is 0. The van der Waals surface area contributed by atoms with Crippen molar-refractivity contribution >= 4 is 31.9 Å². The van der Waals surface area contributed by atoms with E-state index in [1.807, 2.05) is 48.5 Å². The van der Waals surface area contributed by atoms with Gasteiger partial charge in [-0.15, -0.1) is 0 Å². The molecule has 0 heterocycles. The van der Waals surface area contributed by atoms with Crippen molar-refractivity contribution in [3.63, 3.8) is 0 Å². The van der Waals surface area contributed by atoms with Crippen LogP contribution in [0.1, 0.15) is 11.1 Å². The molecule has 0 unspecified atom stereocenters. The fourth-order valence-corrected chi connectivity index (χ4v) is 1.87. The van der Waals surface area contributed by atoms with Gasteiger partial charge in [-0.1, -0.05) is 30.0 Å². The van der Waals surface area contributed by atoms with Gasteiger partial charge in [0.15, 0.2) is 0 Å². The molecule has 0 aliphatic rings. The molecule has 0 aromatic heterocycles. The molecule has 0 aliphatic heterocycles. The zero-order chi connectivity index (χ0) is 11.4. The van der Waals surface area contributed by atoms with Gasteiger partial charge in [-0.2, -0.15) is 0 Å². The van der Waals surface area contributed by atoms with Gasteiger partial charge in [0.25, 0.3) is 0 Å². The van der Waals surface area contributed by atoms with Crippen LogP contribution in [0, 0.1) is 11.8 Å². The molecule has 0 nitrogen and oxygen atoms in total. The lowest BCUT2D eigenvalue weighted by atomic mass is 10.2. The van der Waals surface area contributed by atoms with Crippen molar-refractivity contribution in [1.82, 2.24) is 0 Å². The minimum atomic E-state index is 0.999. The van der Waals surface area contributed by atoms with Gasteiger partial charge in [0.05, 0.1) is 0 Å². The Bertz CT molecular complexity index is 548. The number of hydrogen-bond donors (Lipinski definition) is 0. The molecule has 0 saturated heterocycles. The Morgan fingerprint density at radius 1 is 0.688 bits per heavy atom. The van der Waals surface area contributed by atoms with Gasteiger partial charge in [0.1, 0.15) is 0 Å². The Morgan fingerprint density at radius 3 is 2.06 bits per heavy atom. The quantitative estimate of drug-likeness (QED) is 0.617. The molecule has 2 rings (SSSR count). The first-order valence-corrected chi connectivity index (χ1v) is 6.36. The van der Waals surface area contributed by atoms with Gasteiger partial charge in [0.2, 0.25) is 0 Å². The third-order valence-corrected chi connectivity index (χ3v) is 3.92. The van der Waals surface area contributed by atoms with E-state index in [-0.39, 0.29) is 0 Å². The zero-order valence-corrected chi connectivity index (χ0v) is 11.5. The number of hydrogen-bond acceptors (Lipinski definition) is 0. The minimum absolute atomic E-state index is 0.999. The maximum atomic E-state index is 3.46. The maximum absolute atomic E-state index is 3.46. The van der Waals surface area contributed by atoms with Crippen molar-refractivity contribution in [3.8, 4) is 11.8 Å². The Hall–Kier alpha value is -1.04. The Labute approximate surface area is 112 Å². The molecule has 0 bridgehead atoms. The summed E-state index contributed by atoms with van der Waals surface area (Å²) < 4.78 is 2.06. The van der Waals surface area contributed by atoms with Crippen molar-refractivity contribution < 1.29 is 0 Å². The fourth-order valence-electron chi connectivity index (χ4n) is 1.24. The standard InChI is InChI=1S/C14H8Br2/c15-13-9-8-12(10-14(13)16)7-6-11-4-2-1-3-5-11/h1-5,8-10H. The molecule has 0 spiro atoms. The van der Waals surface area contributed by atoms with Crippen LogP contribution in [0.3, 0.4) is 0 Å². The summed E-state index contributed by atoms with van der Waals surface area (Å²) in [5, 5.41) is 0. The second-order valence-electron chi connectivity index (χ2n) is 3.24. The highest BCUT2D eigenvalue weighted by Crippen LogP contribution is 2.23. The highest BCUT2D eigenvalue weighted by atomic mass is 79.9. The Kier molecular flexibility index (Phi) is 3.82. The normalized spacial score (nSPS) is 9.38. The molecule has 0 atom stereocenters. The van der Waals surface area contributed by atoms with Gasteiger partial charge < -0.3 is 0 Å². The van der Waals surface area contributed by atoms with Crippen LogP contribution in [0.5, 0.6) is 0 Å². The molecule has 16 heavy (non-hydrogen) atoms. The van der Waals surface area contributed by atoms with Crippen molar-refractivity contribution in [2.45, 2.75) is 0 Å². The van der Waals surface area contributed by atoms with E-state index < -0.39 is 0 Å². The maximum Gasteiger partial charge on any atom is 0.0329 e. The van der Waals surface area contributed by atoms with E-state index in [9.17, 15) is 0 Å². The van der Waals surface area contributed by atoms with Gasteiger partial charge in [-0.3, -0.25) is 0 Å². The molecule has 0 N–H and O–H groups in total. The molecule has 0 aliphatic carbocycles. The van der Waals surface area contributed by atoms with Crippen LogP contribution in [-0.2, 0) is 0 Å². The monoisotopic (exact) mass is 334 g/mol. The predicted octanol–water partition coefficient (Wildman–Crippen LogP) is 4.61. The smallest absolute Gasteiger partial charge is 0.0329 e. The fraction of sp³-hybridized carbons (Fsp3) is 0. The molecule has 0 amide bonds. The Balaban J connectivity index is 2.28. The average Bonchev–Trinajstić information content (AvgIpc) is 2.32. The van der Waals surface area contributed by atoms with Gasteiger partial charge in [-0.05, 0) is 62.2 Å². The van der Waals surface area contributed by atoms with Crippen molar-refractivity contribution in [3.05, 3.63) is 68.6 Å². The van der Waals surface area contributed by atoms with E-state index in [0.29, 0.717) is 0 Å². The molecule has 78 valence electrons. The van der Waals surface area contributed by atoms with Crippen LogP contribution in [0.15, 0.2) is 57.5 Å². The third kappa shape index (κ3) is 2.98. The van der Waals surface area contributed by atoms with Crippen LogP contribution in [-0.4, -0.2) is 0 Å². The molecular weight excluding hydrogens is 328 g/mol. The van der Waals surface area contributed by atoms with E-state index in [4.69, 9.17) is 0 Å². The molecule has 2 heteroatoms. The molecule has 0 saturated carbocycles. The van der Waals surface area contributed by atoms with Crippen molar-refractivity contribution in [2.75, 3.05) is 0 Å². The van der Waals surface area contributed by atoms with E-state index in [2.05, 4.69) is 43.7 Å². The second kappa shape index (κ2) is 5.34. The first-order valence-electron chi connectivity index (χ1n) is 4.78. The highest BCUT2D eigenvalue weighted by molar-refractivity contribution is 9.13. The first kappa shape index (κ1) is 11.4. The van der Waals surface area contributed by atoms with E-state index >= 15 is 0 Å². The summed E-state index contributed by atoms with van der Waals surface area (Å²) in [6.45, 7) is 0. The molecular formula is C14H8Br2. The zero-order valence-electron chi connectivity index (χ0n) is 8.37. The van der Waals surface area contributed by atoms with Crippen LogP contribution >= 0.6 is 31.9 Å². The first-order chi connectivity index (χ1) is 7.75. The van der Waals surface area contributed by atoms with Crippen LogP contribution in [0.2, 0.25) is 0 Å². The van der Waals surface area contributed by atoms with E-state index in [1.54, 1.807) is 0 Å². The molecule has 2 aromatic carbocycles. The van der Waals surface area contributed by atoms with Crippen molar-refractivity contribution in [2.24, 2.45) is 0 Å². The van der Waals surface area contributed by atoms with Crippen LogP contribution < -0.4 is 0 Å². The number of rotatable bonds is 0. The average molecular weight is 336 g/mol. The van der Waals surface area contributed by atoms with Gasteiger partial charge in [-0.25, -0.2) is 0 Å². The topological polar surface area (TPSA) is 0 Å². The lowest BCUT2D eigenvalue weighted by Crippen LogP contribution is -1.77. The van der Waals surface area contributed by atoms with Crippen molar-refractivity contribution in [1.29, 1.82) is 0 Å².